The van der Waals surface area contributed by atoms with Crippen LogP contribution < -0.4 is 10.2 Å². The van der Waals surface area contributed by atoms with Gasteiger partial charge in [0.15, 0.2) is 0 Å². The minimum atomic E-state index is -1.29. The Kier molecular flexibility index (Phi) is 8.83. The van der Waals surface area contributed by atoms with Gasteiger partial charge in [-0.05, 0) is 19.9 Å². The molecule has 2 amide bonds. The minimum absolute atomic E-state index is 0.0258. The molecule has 10 nitrogen and oxygen atoms in total. The molecule has 2 saturated heterocycles. The SMILES string of the molecule is CC(C)OC(=O)N1CCC(ON=C2CCN(c3cc(F)c(C(=O)NCC(=O)O)cc3F)CC2)CC1. The highest BCUT2D eigenvalue weighted by Gasteiger charge is 2.26. The maximum absolute atomic E-state index is 14.6. The number of carbonyl (C=O) groups excluding carboxylic acids is 2. The maximum atomic E-state index is 14.6. The van der Waals surface area contributed by atoms with Crippen LogP contribution in [0.3, 0.4) is 0 Å². The van der Waals surface area contributed by atoms with E-state index in [2.05, 4.69) is 5.16 Å². The van der Waals surface area contributed by atoms with E-state index < -0.39 is 35.6 Å². The molecule has 12 heteroatoms. The fourth-order valence-electron chi connectivity index (χ4n) is 3.87. The molecule has 0 aromatic heterocycles. The zero-order valence-electron chi connectivity index (χ0n) is 19.8. The van der Waals surface area contributed by atoms with Gasteiger partial charge in [0.1, 0.15) is 24.3 Å². The van der Waals surface area contributed by atoms with Crippen LogP contribution in [0.4, 0.5) is 19.3 Å². The lowest BCUT2D eigenvalue weighted by Crippen LogP contribution is -2.41. The van der Waals surface area contributed by atoms with Crippen molar-refractivity contribution in [3.63, 3.8) is 0 Å². The number of amides is 2. The first kappa shape index (κ1) is 26.2. The molecule has 2 N–H and O–H groups in total. The number of halogens is 2. The molecule has 35 heavy (non-hydrogen) atoms. The summed E-state index contributed by atoms with van der Waals surface area (Å²) in [7, 11) is 0. The van der Waals surface area contributed by atoms with Crippen LogP contribution in [-0.2, 0) is 14.4 Å². The van der Waals surface area contributed by atoms with Crippen LogP contribution in [0.15, 0.2) is 17.3 Å². The fourth-order valence-corrected chi connectivity index (χ4v) is 3.87. The van der Waals surface area contributed by atoms with Gasteiger partial charge in [-0.1, -0.05) is 5.16 Å². The number of piperidine rings is 2. The first-order valence-corrected chi connectivity index (χ1v) is 11.5. The van der Waals surface area contributed by atoms with Gasteiger partial charge < -0.3 is 29.8 Å². The third-order valence-corrected chi connectivity index (χ3v) is 5.73. The molecule has 0 spiro atoms. The van der Waals surface area contributed by atoms with Crippen molar-refractivity contribution in [2.45, 2.75) is 51.7 Å². The molecule has 2 heterocycles. The molecule has 2 aliphatic rings. The second kappa shape index (κ2) is 11.8. The second-order valence-corrected chi connectivity index (χ2v) is 8.73. The number of oxime groups is 1. The van der Waals surface area contributed by atoms with Crippen molar-refractivity contribution in [3.05, 3.63) is 29.3 Å². The largest absolute Gasteiger partial charge is 0.480 e. The van der Waals surface area contributed by atoms with Gasteiger partial charge in [0.05, 0.1) is 23.1 Å². The fraction of sp³-hybridized carbons (Fsp3) is 0.565. The lowest BCUT2D eigenvalue weighted by molar-refractivity contribution is -0.135. The molecule has 0 saturated carbocycles. The number of carbonyl (C=O) groups is 3. The molecule has 0 atom stereocenters. The van der Waals surface area contributed by atoms with Crippen LogP contribution in [-0.4, -0.2) is 78.6 Å². The molecule has 1 aromatic carbocycles. The zero-order valence-corrected chi connectivity index (χ0v) is 19.8. The topological polar surface area (TPSA) is 121 Å². The Morgan fingerprint density at radius 3 is 2.37 bits per heavy atom. The van der Waals surface area contributed by atoms with E-state index in [0.29, 0.717) is 51.9 Å². The monoisotopic (exact) mass is 496 g/mol. The van der Waals surface area contributed by atoms with Crippen molar-refractivity contribution in [1.82, 2.24) is 10.2 Å². The van der Waals surface area contributed by atoms with Crippen molar-refractivity contribution >= 4 is 29.4 Å². The van der Waals surface area contributed by atoms with Crippen molar-refractivity contribution in [2.75, 3.05) is 37.6 Å². The third-order valence-electron chi connectivity index (χ3n) is 5.73. The van der Waals surface area contributed by atoms with Crippen LogP contribution >= 0.6 is 0 Å². The Labute approximate surface area is 201 Å². The molecule has 3 rings (SSSR count). The number of nitrogens with one attached hydrogen (secondary N) is 1. The maximum Gasteiger partial charge on any atom is 0.410 e. The normalized spacial score (nSPS) is 16.8. The van der Waals surface area contributed by atoms with Gasteiger partial charge in [-0.25, -0.2) is 13.6 Å². The summed E-state index contributed by atoms with van der Waals surface area (Å²) in [5.74, 6) is -3.99. The van der Waals surface area contributed by atoms with E-state index in [4.69, 9.17) is 14.7 Å². The zero-order chi connectivity index (χ0) is 25.5. The number of rotatable bonds is 7. The predicted molar refractivity (Wildman–Crippen MR) is 123 cm³/mol. The molecular formula is C23H30F2N4O6. The summed E-state index contributed by atoms with van der Waals surface area (Å²) in [5.41, 5.74) is 0.287. The number of hydrogen-bond donors (Lipinski definition) is 2. The lowest BCUT2D eigenvalue weighted by Gasteiger charge is -2.32. The van der Waals surface area contributed by atoms with E-state index >= 15 is 0 Å². The number of nitrogens with zero attached hydrogens (tertiary/aromatic N) is 3. The van der Waals surface area contributed by atoms with Crippen LogP contribution in [0.5, 0.6) is 0 Å². The van der Waals surface area contributed by atoms with E-state index in [1.165, 1.54) is 0 Å². The van der Waals surface area contributed by atoms with Crippen molar-refractivity contribution < 1.29 is 37.8 Å². The number of anilines is 1. The molecule has 2 aliphatic heterocycles. The summed E-state index contributed by atoms with van der Waals surface area (Å²) >= 11 is 0. The Hall–Kier alpha value is -3.44. The van der Waals surface area contributed by atoms with Gasteiger partial charge >= 0.3 is 12.1 Å². The van der Waals surface area contributed by atoms with Crippen molar-refractivity contribution in [1.29, 1.82) is 0 Å². The summed E-state index contributed by atoms with van der Waals surface area (Å²) in [6.07, 6.45) is 1.70. The van der Waals surface area contributed by atoms with E-state index in [0.717, 1.165) is 17.8 Å². The molecule has 2 fully saturated rings. The lowest BCUT2D eigenvalue weighted by atomic mass is 10.1. The van der Waals surface area contributed by atoms with E-state index in [9.17, 15) is 23.2 Å². The Morgan fingerprint density at radius 1 is 1.11 bits per heavy atom. The van der Waals surface area contributed by atoms with Crippen molar-refractivity contribution in [2.24, 2.45) is 5.16 Å². The summed E-state index contributed by atoms with van der Waals surface area (Å²) in [5, 5.41) is 14.9. The van der Waals surface area contributed by atoms with E-state index in [-0.39, 0.29) is 24.0 Å². The highest BCUT2D eigenvalue weighted by atomic mass is 19.1. The molecular weight excluding hydrogens is 466 g/mol. The summed E-state index contributed by atoms with van der Waals surface area (Å²) in [6, 6.07) is 1.72. The van der Waals surface area contributed by atoms with Gasteiger partial charge in [-0.2, -0.15) is 0 Å². The highest BCUT2D eigenvalue weighted by molar-refractivity contribution is 5.96. The van der Waals surface area contributed by atoms with Crippen LogP contribution in [0, 0.1) is 11.6 Å². The molecule has 0 radical (unpaired) electrons. The van der Waals surface area contributed by atoms with E-state index in [1.54, 1.807) is 23.6 Å². The van der Waals surface area contributed by atoms with Gasteiger partial charge in [0, 0.05) is 57.9 Å². The molecule has 0 bridgehead atoms. The van der Waals surface area contributed by atoms with Crippen LogP contribution in [0.1, 0.15) is 49.9 Å². The first-order chi connectivity index (χ1) is 16.6. The molecule has 1 aromatic rings. The summed E-state index contributed by atoms with van der Waals surface area (Å²) < 4.78 is 34.3. The quantitative estimate of drug-likeness (QED) is 0.557. The Bertz CT molecular complexity index is 969. The van der Waals surface area contributed by atoms with Gasteiger partial charge in [-0.3, -0.25) is 9.59 Å². The Morgan fingerprint density at radius 2 is 1.77 bits per heavy atom. The first-order valence-electron chi connectivity index (χ1n) is 11.5. The number of ether oxygens (including phenoxy) is 1. The second-order valence-electron chi connectivity index (χ2n) is 8.73. The number of hydrogen-bond acceptors (Lipinski definition) is 7. The van der Waals surface area contributed by atoms with Crippen LogP contribution in [0.2, 0.25) is 0 Å². The molecule has 0 aliphatic carbocycles. The summed E-state index contributed by atoms with van der Waals surface area (Å²) in [4.78, 5) is 43.4. The average molecular weight is 497 g/mol. The van der Waals surface area contributed by atoms with Gasteiger partial charge in [0.2, 0.25) is 0 Å². The van der Waals surface area contributed by atoms with Crippen LogP contribution in [0.25, 0.3) is 0 Å². The Balaban J connectivity index is 1.49. The average Bonchev–Trinajstić information content (AvgIpc) is 2.82. The van der Waals surface area contributed by atoms with Crippen molar-refractivity contribution in [3.8, 4) is 0 Å². The van der Waals surface area contributed by atoms with Gasteiger partial charge in [0.25, 0.3) is 5.91 Å². The number of carboxylic acids is 1. The number of likely N-dealkylation sites (tertiary alicyclic amines) is 1. The smallest absolute Gasteiger partial charge is 0.410 e. The molecule has 192 valence electrons. The third kappa shape index (κ3) is 7.27. The minimum Gasteiger partial charge on any atom is -0.480 e. The number of benzene rings is 1. The summed E-state index contributed by atoms with van der Waals surface area (Å²) in [6.45, 7) is 4.76. The van der Waals surface area contributed by atoms with Gasteiger partial charge in [-0.15, -0.1) is 0 Å². The molecule has 0 unspecified atom stereocenters. The van der Waals surface area contributed by atoms with E-state index in [1.807, 2.05) is 5.32 Å². The number of carboxylic acid groups (broad SMARTS) is 1. The highest BCUT2D eigenvalue weighted by Crippen LogP contribution is 2.26. The standard InChI is InChI=1S/C23H30F2N4O6/c1-14(2)34-23(33)29-9-5-16(6-10-29)35-27-15-3-7-28(8-4-15)20-12-18(24)17(11-19(20)25)22(32)26-13-21(30)31/h11-12,14,16H,3-10,13H2,1-2H3,(H,26,32)(H,30,31). The number of aliphatic carboxylic acids is 1. The predicted octanol–water partition coefficient (Wildman–Crippen LogP) is 2.76.